The van der Waals surface area contributed by atoms with Gasteiger partial charge in [0, 0.05) is 12.2 Å². The minimum atomic E-state index is -0.271. The van der Waals surface area contributed by atoms with Crippen molar-refractivity contribution in [2.75, 3.05) is 0 Å². The van der Waals surface area contributed by atoms with Gasteiger partial charge in [0.15, 0.2) is 0 Å². The molecular formula is C17H18BrNO3S. The zero-order chi connectivity index (χ0) is 16.7. The fourth-order valence-electron chi connectivity index (χ4n) is 3.05. The summed E-state index contributed by atoms with van der Waals surface area (Å²) in [5, 5.41) is 0. The number of esters is 1. The third kappa shape index (κ3) is 3.02. The van der Waals surface area contributed by atoms with Crippen molar-refractivity contribution in [1.29, 1.82) is 0 Å². The molecule has 0 aliphatic carbocycles. The van der Waals surface area contributed by atoms with Crippen LogP contribution >= 0.6 is 27.3 Å². The topological polar surface area (TPSA) is 48.3 Å². The number of aryl methyl sites for hydroxylation is 1. The second kappa shape index (κ2) is 6.24. The Morgan fingerprint density at radius 3 is 2.74 bits per heavy atom. The Bertz CT molecular complexity index is 775. The van der Waals surface area contributed by atoms with Crippen LogP contribution in [0.2, 0.25) is 0 Å². The van der Waals surface area contributed by atoms with Crippen LogP contribution in [-0.4, -0.2) is 22.4 Å². The SMILES string of the molecule is Cc1cc2n(c1C(=O)c1ccc(Br)s1)CCC2C(=O)OC(C)C. The van der Waals surface area contributed by atoms with Crippen molar-refractivity contribution in [2.24, 2.45) is 0 Å². The summed E-state index contributed by atoms with van der Waals surface area (Å²) in [5.41, 5.74) is 2.50. The Balaban J connectivity index is 1.94. The van der Waals surface area contributed by atoms with Gasteiger partial charge in [0.1, 0.15) is 0 Å². The molecule has 2 aromatic heterocycles. The summed E-state index contributed by atoms with van der Waals surface area (Å²) < 4.78 is 8.27. The van der Waals surface area contributed by atoms with Gasteiger partial charge >= 0.3 is 5.97 Å². The molecule has 23 heavy (non-hydrogen) atoms. The summed E-state index contributed by atoms with van der Waals surface area (Å²) in [5.74, 6) is -0.454. The molecule has 0 fully saturated rings. The normalized spacial score (nSPS) is 16.7. The van der Waals surface area contributed by atoms with E-state index < -0.39 is 0 Å². The van der Waals surface area contributed by atoms with E-state index in [1.165, 1.54) is 11.3 Å². The molecule has 1 aliphatic heterocycles. The molecule has 0 N–H and O–H groups in total. The van der Waals surface area contributed by atoms with Crippen molar-refractivity contribution in [3.63, 3.8) is 0 Å². The van der Waals surface area contributed by atoms with E-state index in [1.807, 2.05) is 43.5 Å². The van der Waals surface area contributed by atoms with Gasteiger partial charge in [-0.05, 0) is 66.9 Å². The van der Waals surface area contributed by atoms with E-state index in [0.29, 0.717) is 23.5 Å². The van der Waals surface area contributed by atoms with E-state index in [4.69, 9.17) is 4.74 Å². The van der Waals surface area contributed by atoms with Crippen LogP contribution in [0.15, 0.2) is 22.0 Å². The zero-order valence-corrected chi connectivity index (χ0v) is 15.7. The number of hydrogen-bond acceptors (Lipinski definition) is 4. The highest BCUT2D eigenvalue weighted by Gasteiger charge is 2.34. The van der Waals surface area contributed by atoms with Gasteiger partial charge in [-0.25, -0.2) is 0 Å². The summed E-state index contributed by atoms with van der Waals surface area (Å²) >= 11 is 4.82. The van der Waals surface area contributed by atoms with Gasteiger partial charge in [-0.2, -0.15) is 0 Å². The van der Waals surface area contributed by atoms with E-state index >= 15 is 0 Å². The van der Waals surface area contributed by atoms with Crippen LogP contribution in [0.25, 0.3) is 0 Å². The average molecular weight is 396 g/mol. The molecule has 0 spiro atoms. The van der Waals surface area contributed by atoms with E-state index in [-0.39, 0.29) is 23.8 Å². The lowest BCUT2D eigenvalue weighted by atomic mass is 10.0. The van der Waals surface area contributed by atoms with Crippen molar-refractivity contribution >= 4 is 39.0 Å². The zero-order valence-electron chi connectivity index (χ0n) is 13.3. The summed E-state index contributed by atoms with van der Waals surface area (Å²) in [6.07, 6.45) is 0.562. The van der Waals surface area contributed by atoms with Gasteiger partial charge in [-0.1, -0.05) is 0 Å². The second-order valence-electron chi connectivity index (χ2n) is 6.01. The Morgan fingerprint density at radius 2 is 2.13 bits per heavy atom. The highest BCUT2D eigenvalue weighted by molar-refractivity contribution is 9.11. The smallest absolute Gasteiger partial charge is 0.315 e. The Morgan fingerprint density at radius 1 is 1.39 bits per heavy atom. The van der Waals surface area contributed by atoms with Crippen molar-refractivity contribution in [2.45, 2.75) is 45.8 Å². The van der Waals surface area contributed by atoms with Gasteiger partial charge in [0.05, 0.1) is 26.4 Å². The standard InChI is InChI=1S/C17H18BrNO3S/c1-9(2)22-17(21)11-6-7-19-12(11)8-10(3)15(19)16(20)13-4-5-14(18)23-13/h4-5,8-9,11H,6-7H2,1-3H3. The number of halogens is 1. The lowest BCUT2D eigenvalue weighted by molar-refractivity contribution is -0.149. The molecule has 0 saturated heterocycles. The molecule has 0 saturated carbocycles. The minimum absolute atomic E-state index is 0.0160. The number of ether oxygens (including phenoxy) is 1. The first-order valence-corrected chi connectivity index (χ1v) is 9.20. The third-order valence-electron chi connectivity index (χ3n) is 3.97. The molecule has 0 aromatic carbocycles. The molecule has 4 nitrogen and oxygen atoms in total. The fourth-order valence-corrected chi connectivity index (χ4v) is 4.38. The van der Waals surface area contributed by atoms with Gasteiger partial charge in [0.25, 0.3) is 0 Å². The van der Waals surface area contributed by atoms with Crippen molar-refractivity contribution in [3.8, 4) is 0 Å². The number of rotatable bonds is 4. The van der Waals surface area contributed by atoms with Crippen molar-refractivity contribution < 1.29 is 14.3 Å². The predicted octanol–water partition coefficient (Wildman–Crippen LogP) is 4.29. The maximum atomic E-state index is 12.8. The van der Waals surface area contributed by atoms with Crippen LogP contribution in [-0.2, 0) is 16.1 Å². The van der Waals surface area contributed by atoms with Crippen LogP contribution in [0.5, 0.6) is 0 Å². The number of nitrogens with zero attached hydrogens (tertiary/aromatic N) is 1. The van der Waals surface area contributed by atoms with Crippen LogP contribution in [0.4, 0.5) is 0 Å². The number of aromatic nitrogens is 1. The third-order valence-corrected chi connectivity index (χ3v) is 5.59. The van der Waals surface area contributed by atoms with Gasteiger partial charge in [0.2, 0.25) is 5.78 Å². The van der Waals surface area contributed by atoms with Crippen LogP contribution in [0.3, 0.4) is 0 Å². The molecule has 6 heteroatoms. The monoisotopic (exact) mass is 395 g/mol. The number of carbonyl (C=O) groups is 2. The number of thiophene rings is 1. The van der Waals surface area contributed by atoms with Gasteiger partial charge < -0.3 is 9.30 Å². The lowest BCUT2D eigenvalue weighted by Gasteiger charge is -2.12. The number of hydrogen-bond donors (Lipinski definition) is 0. The molecule has 3 heterocycles. The first-order chi connectivity index (χ1) is 10.9. The first-order valence-electron chi connectivity index (χ1n) is 7.59. The molecule has 1 unspecified atom stereocenters. The molecule has 0 bridgehead atoms. The van der Waals surface area contributed by atoms with Gasteiger partial charge in [-0.3, -0.25) is 9.59 Å². The summed E-state index contributed by atoms with van der Waals surface area (Å²) in [6, 6.07) is 5.66. The predicted molar refractivity (Wildman–Crippen MR) is 93.2 cm³/mol. The number of carbonyl (C=O) groups excluding carboxylic acids is 2. The molecule has 1 aliphatic rings. The van der Waals surface area contributed by atoms with E-state index in [9.17, 15) is 9.59 Å². The highest BCUT2D eigenvalue weighted by atomic mass is 79.9. The summed E-state index contributed by atoms with van der Waals surface area (Å²) in [4.78, 5) is 25.8. The Hall–Kier alpha value is -1.40. The van der Waals surface area contributed by atoms with Crippen molar-refractivity contribution in [1.82, 2.24) is 4.57 Å². The maximum Gasteiger partial charge on any atom is 0.315 e. The Labute approximate surface area is 147 Å². The summed E-state index contributed by atoms with van der Waals surface area (Å²) in [7, 11) is 0. The van der Waals surface area contributed by atoms with Gasteiger partial charge in [-0.15, -0.1) is 11.3 Å². The minimum Gasteiger partial charge on any atom is -0.462 e. The number of fused-ring (bicyclic) bond motifs is 1. The second-order valence-corrected chi connectivity index (χ2v) is 8.48. The van der Waals surface area contributed by atoms with E-state index in [1.54, 1.807) is 0 Å². The first kappa shape index (κ1) is 16.5. The van der Waals surface area contributed by atoms with Crippen LogP contribution < -0.4 is 0 Å². The quantitative estimate of drug-likeness (QED) is 0.572. The molecular weight excluding hydrogens is 378 g/mol. The molecule has 1 atom stereocenters. The maximum absolute atomic E-state index is 12.8. The van der Waals surface area contributed by atoms with E-state index in [0.717, 1.165) is 15.0 Å². The molecule has 3 rings (SSSR count). The van der Waals surface area contributed by atoms with Crippen LogP contribution in [0.1, 0.15) is 52.8 Å². The molecule has 2 aromatic rings. The fraction of sp³-hybridized carbons (Fsp3) is 0.412. The largest absolute Gasteiger partial charge is 0.462 e. The highest BCUT2D eigenvalue weighted by Crippen LogP contribution is 2.35. The van der Waals surface area contributed by atoms with Crippen molar-refractivity contribution in [3.05, 3.63) is 43.8 Å². The van der Waals surface area contributed by atoms with E-state index in [2.05, 4.69) is 15.9 Å². The number of ketones is 1. The average Bonchev–Trinajstić information content (AvgIpc) is 3.12. The Kier molecular flexibility index (Phi) is 4.47. The molecule has 0 amide bonds. The molecule has 122 valence electrons. The summed E-state index contributed by atoms with van der Waals surface area (Å²) in [6.45, 7) is 6.29. The lowest BCUT2D eigenvalue weighted by Crippen LogP contribution is -2.18. The molecule has 0 radical (unpaired) electrons. The van der Waals surface area contributed by atoms with Crippen LogP contribution in [0, 0.1) is 6.92 Å².